The van der Waals surface area contributed by atoms with E-state index in [4.69, 9.17) is 9.47 Å². The second kappa shape index (κ2) is 12.4. The lowest BCUT2D eigenvalue weighted by Crippen LogP contribution is -2.19. The van der Waals surface area contributed by atoms with E-state index in [1.807, 2.05) is 0 Å². The molecule has 114 valence electrons. The fourth-order valence-electron chi connectivity index (χ4n) is 1.54. The van der Waals surface area contributed by atoms with E-state index in [0.717, 1.165) is 25.7 Å². The molecule has 5 heteroatoms. The molecule has 20 heavy (non-hydrogen) atoms. The molecule has 0 aromatic heterocycles. The summed E-state index contributed by atoms with van der Waals surface area (Å²) in [4.78, 5) is 32.8. The largest absolute Gasteiger partial charge is 0.466 e. The summed E-state index contributed by atoms with van der Waals surface area (Å²) in [6.45, 7) is 3.66. The molecule has 0 aliphatic heterocycles. The molecule has 0 aromatic rings. The fraction of sp³-hybridized carbons (Fsp3) is 0.667. The molecule has 0 heterocycles. The Morgan fingerprint density at radius 1 is 1.20 bits per heavy atom. The van der Waals surface area contributed by atoms with Crippen LogP contribution in [0.1, 0.15) is 52.4 Å². The van der Waals surface area contributed by atoms with Gasteiger partial charge in [0.2, 0.25) is 0 Å². The summed E-state index contributed by atoms with van der Waals surface area (Å²) in [6.07, 6.45) is 7.91. The molecular weight excluding hydrogens is 260 g/mol. The summed E-state index contributed by atoms with van der Waals surface area (Å²) in [7, 11) is 0. The van der Waals surface area contributed by atoms with E-state index in [-0.39, 0.29) is 12.6 Å². The van der Waals surface area contributed by atoms with Crippen LogP contribution in [0.5, 0.6) is 0 Å². The lowest BCUT2D eigenvalue weighted by molar-refractivity contribution is -0.147. The molecule has 0 saturated heterocycles. The van der Waals surface area contributed by atoms with Gasteiger partial charge in [-0.15, -0.1) is 0 Å². The van der Waals surface area contributed by atoms with E-state index in [1.54, 1.807) is 6.08 Å². The maximum absolute atomic E-state index is 11.4. The number of rotatable bonds is 11. The molecule has 0 bridgehead atoms. The van der Waals surface area contributed by atoms with Gasteiger partial charge in [0.25, 0.3) is 0 Å². The first kappa shape index (κ1) is 18.4. The maximum Gasteiger partial charge on any atom is 0.331 e. The zero-order valence-corrected chi connectivity index (χ0v) is 12.3. The van der Waals surface area contributed by atoms with Gasteiger partial charge in [0.15, 0.2) is 12.4 Å². The van der Waals surface area contributed by atoms with Crippen molar-refractivity contribution in [1.82, 2.24) is 0 Å². The Labute approximate surface area is 120 Å². The molecular formula is C15H24O5. The van der Waals surface area contributed by atoms with Crippen LogP contribution in [-0.2, 0) is 23.9 Å². The van der Waals surface area contributed by atoms with Crippen LogP contribution in [0.2, 0.25) is 0 Å². The topological polar surface area (TPSA) is 69.7 Å². The van der Waals surface area contributed by atoms with Crippen LogP contribution >= 0.6 is 0 Å². The van der Waals surface area contributed by atoms with Crippen molar-refractivity contribution >= 4 is 18.2 Å². The Balaban J connectivity index is 3.82. The Bertz CT molecular complexity index is 322. The number of hydrogen-bond donors (Lipinski definition) is 0. The van der Waals surface area contributed by atoms with Gasteiger partial charge in [0, 0.05) is 13.0 Å². The molecule has 0 rings (SSSR count). The third-order valence-electron chi connectivity index (χ3n) is 2.59. The molecule has 0 spiro atoms. The third-order valence-corrected chi connectivity index (χ3v) is 2.59. The number of ether oxygens (including phenoxy) is 2. The quantitative estimate of drug-likeness (QED) is 0.252. The fourth-order valence-corrected chi connectivity index (χ4v) is 1.54. The van der Waals surface area contributed by atoms with Crippen molar-refractivity contribution in [3.05, 3.63) is 12.2 Å². The van der Waals surface area contributed by atoms with Gasteiger partial charge in [-0.1, -0.05) is 25.8 Å². The van der Waals surface area contributed by atoms with Crippen LogP contribution in [0.25, 0.3) is 0 Å². The first-order valence-corrected chi connectivity index (χ1v) is 7.06. The Morgan fingerprint density at radius 2 is 1.95 bits per heavy atom. The minimum absolute atomic E-state index is 0.226. The normalized spacial score (nSPS) is 12.1. The van der Waals surface area contributed by atoms with Gasteiger partial charge in [0.1, 0.15) is 0 Å². The van der Waals surface area contributed by atoms with Gasteiger partial charge in [-0.3, -0.25) is 9.59 Å². The van der Waals surface area contributed by atoms with Crippen molar-refractivity contribution in [2.24, 2.45) is 0 Å². The van der Waals surface area contributed by atoms with Crippen LogP contribution in [0, 0.1) is 0 Å². The highest BCUT2D eigenvalue weighted by molar-refractivity contribution is 5.83. The summed E-state index contributed by atoms with van der Waals surface area (Å²) < 4.78 is 9.71. The molecule has 5 nitrogen and oxygen atoms in total. The van der Waals surface area contributed by atoms with Gasteiger partial charge < -0.3 is 9.47 Å². The van der Waals surface area contributed by atoms with Crippen molar-refractivity contribution in [2.75, 3.05) is 6.61 Å². The molecule has 0 amide bonds. The van der Waals surface area contributed by atoms with Crippen molar-refractivity contribution in [2.45, 2.75) is 58.5 Å². The molecule has 0 radical (unpaired) electrons. The van der Waals surface area contributed by atoms with E-state index in [9.17, 15) is 14.4 Å². The summed E-state index contributed by atoms with van der Waals surface area (Å²) >= 11 is 0. The summed E-state index contributed by atoms with van der Waals surface area (Å²) in [5, 5.41) is 0. The minimum atomic E-state index is -0.779. The number of esters is 2. The van der Waals surface area contributed by atoms with E-state index in [2.05, 4.69) is 6.92 Å². The number of carbonyl (C=O) groups is 3. The molecule has 0 aliphatic rings. The molecule has 0 aliphatic carbocycles. The highest BCUT2D eigenvalue weighted by Crippen LogP contribution is 2.03. The van der Waals surface area contributed by atoms with Crippen molar-refractivity contribution in [3.63, 3.8) is 0 Å². The van der Waals surface area contributed by atoms with Crippen LogP contribution < -0.4 is 0 Å². The van der Waals surface area contributed by atoms with E-state index < -0.39 is 12.1 Å². The van der Waals surface area contributed by atoms with Crippen LogP contribution in [0.15, 0.2) is 12.2 Å². The predicted octanol–water partition coefficient (Wildman–Crippen LogP) is 2.58. The van der Waals surface area contributed by atoms with E-state index >= 15 is 0 Å². The standard InChI is InChI=1S/C15H24O5/c1-3-4-5-6-7-10-15(18)20-14(12-16)9-8-11-19-13(2)17/h7,10,12,14H,3-6,8-9,11H2,1-2H3/b10-7+/t14-/m0/s1. The molecule has 0 N–H and O–H groups in total. The first-order valence-electron chi connectivity index (χ1n) is 7.06. The number of aldehydes is 1. The van der Waals surface area contributed by atoms with Crippen molar-refractivity contribution < 1.29 is 23.9 Å². The van der Waals surface area contributed by atoms with Gasteiger partial charge in [-0.2, -0.15) is 0 Å². The SMILES string of the molecule is CCCCC/C=C/C(=O)O[C@H](C=O)CCCOC(C)=O. The highest BCUT2D eigenvalue weighted by Gasteiger charge is 2.11. The number of allylic oxidation sites excluding steroid dienone is 1. The second-order valence-electron chi connectivity index (χ2n) is 4.49. The van der Waals surface area contributed by atoms with Gasteiger partial charge in [-0.05, 0) is 25.7 Å². The van der Waals surface area contributed by atoms with Crippen LogP contribution in [0.4, 0.5) is 0 Å². The lowest BCUT2D eigenvalue weighted by Gasteiger charge is -2.10. The predicted molar refractivity (Wildman–Crippen MR) is 75.1 cm³/mol. The van der Waals surface area contributed by atoms with Gasteiger partial charge in [0.05, 0.1) is 6.61 Å². The summed E-state index contributed by atoms with van der Waals surface area (Å²) in [5.74, 6) is -0.870. The maximum atomic E-state index is 11.4. The minimum Gasteiger partial charge on any atom is -0.466 e. The first-order chi connectivity index (χ1) is 9.60. The Kier molecular flexibility index (Phi) is 11.4. The molecule has 1 atom stereocenters. The van der Waals surface area contributed by atoms with E-state index in [0.29, 0.717) is 19.1 Å². The number of unbranched alkanes of at least 4 members (excludes halogenated alkanes) is 3. The smallest absolute Gasteiger partial charge is 0.331 e. The molecule has 0 fully saturated rings. The zero-order chi connectivity index (χ0) is 15.2. The highest BCUT2D eigenvalue weighted by atomic mass is 16.5. The lowest BCUT2D eigenvalue weighted by atomic mass is 10.2. The third kappa shape index (κ3) is 11.4. The molecule has 0 aromatic carbocycles. The van der Waals surface area contributed by atoms with Crippen molar-refractivity contribution in [3.8, 4) is 0 Å². The second-order valence-corrected chi connectivity index (χ2v) is 4.49. The average molecular weight is 284 g/mol. The summed E-state index contributed by atoms with van der Waals surface area (Å²) in [6, 6.07) is 0. The molecule has 0 saturated carbocycles. The van der Waals surface area contributed by atoms with Crippen molar-refractivity contribution in [1.29, 1.82) is 0 Å². The summed E-state index contributed by atoms with van der Waals surface area (Å²) in [5.41, 5.74) is 0. The van der Waals surface area contributed by atoms with Gasteiger partial charge in [-0.25, -0.2) is 4.79 Å². The number of hydrogen-bond acceptors (Lipinski definition) is 5. The zero-order valence-electron chi connectivity index (χ0n) is 12.3. The molecule has 0 unspecified atom stereocenters. The van der Waals surface area contributed by atoms with E-state index in [1.165, 1.54) is 13.0 Å². The van der Waals surface area contributed by atoms with Gasteiger partial charge >= 0.3 is 11.9 Å². The number of carbonyl (C=O) groups excluding carboxylic acids is 3. The van der Waals surface area contributed by atoms with Crippen LogP contribution in [0.3, 0.4) is 0 Å². The van der Waals surface area contributed by atoms with Crippen LogP contribution in [-0.4, -0.2) is 30.9 Å². The monoisotopic (exact) mass is 284 g/mol. The average Bonchev–Trinajstić information content (AvgIpc) is 2.41. The Morgan fingerprint density at radius 3 is 2.55 bits per heavy atom. The Hall–Kier alpha value is -1.65.